The van der Waals surface area contributed by atoms with Crippen LogP contribution in [0, 0.1) is 5.92 Å². The molecule has 6 rings (SSSR count). The Bertz CT molecular complexity index is 1360. The van der Waals surface area contributed by atoms with Crippen molar-refractivity contribution in [2.45, 2.75) is 37.8 Å². The zero-order valence-electron chi connectivity index (χ0n) is 17.6. The molecule has 0 atom stereocenters. The van der Waals surface area contributed by atoms with Gasteiger partial charge < -0.3 is 5.32 Å². The molecule has 3 aliphatic rings. The van der Waals surface area contributed by atoms with Gasteiger partial charge in [0.15, 0.2) is 17.3 Å². The van der Waals surface area contributed by atoms with Crippen molar-refractivity contribution in [1.82, 2.24) is 24.3 Å². The minimum absolute atomic E-state index is 0.0900. The minimum Gasteiger partial charge on any atom is -0.349 e. The summed E-state index contributed by atoms with van der Waals surface area (Å²) in [6.45, 7) is 4.05. The molecule has 0 aliphatic heterocycles. The highest BCUT2D eigenvalue weighted by molar-refractivity contribution is 7.92. The lowest BCUT2D eigenvalue weighted by Crippen LogP contribution is -2.43. The second-order valence-electron chi connectivity index (χ2n) is 8.76. The Balaban J connectivity index is 1.66. The van der Waals surface area contributed by atoms with E-state index in [2.05, 4.69) is 26.2 Å². The molecule has 3 fully saturated rings. The standard InChI is InChI=1S/C21H25N7O2S/c1-4-10-27-19(29)15-13-22-20(25-21-9-8-14(11-21)12-21)24-18(15)28(27)17-7-5-6-16(23-17)26-31(2,3)30/h4-7,13-14H,1,8-12H2,2-3H3,(H,22,24,25). The molecule has 2 bridgehead atoms. The van der Waals surface area contributed by atoms with Crippen LogP contribution in [0.15, 0.2) is 46.2 Å². The normalized spacial score (nSPS) is 22.3. The molecule has 0 saturated heterocycles. The van der Waals surface area contributed by atoms with E-state index in [-0.39, 0.29) is 17.6 Å². The first-order valence-electron chi connectivity index (χ1n) is 10.3. The molecule has 3 aromatic rings. The number of anilines is 1. The topological polar surface area (TPSA) is 107 Å². The number of fused-ring (bicyclic) bond motifs is 2. The van der Waals surface area contributed by atoms with E-state index in [0.29, 0.717) is 28.6 Å². The maximum atomic E-state index is 13.0. The van der Waals surface area contributed by atoms with Crippen LogP contribution in [0.25, 0.3) is 16.9 Å². The molecule has 3 aromatic heterocycles. The zero-order valence-corrected chi connectivity index (χ0v) is 18.4. The predicted octanol–water partition coefficient (Wildman–Crippen LogP) is 2.88. The lowest BCUT2D eigenvalue weighted by Gasteiger charge is -2.39. The van der Waals surface area contributed by atoms with Gasteiger partial charge in [-0.15, -0.1) is 6.58 Å². The van der Waals surface area contributed by atoms with E-state index < -0.39 is 9.73 Å². The predicted molar refractivity (Wildman–Crippen MR) is 122 cm³/mol. The first kappa shape index (κ1) is 19.9. The van der Waals surface area contributed by atoms with E-state index in [4.69, 9.17) is 4.98 Å². The molecule has 0 unspecified atom stereocenters. The van der Waals surface area contributed by atoms with Gasteiger partial charge in [0.05, 0.1) is 6.54 Å². The van der Waals surface area contributed by atoms with Gasteiger partial charge in [0, 0.05) is 34.0 Å². The number of allylic oxidation sites excluding steroid dienone is 1. The van der Waals surface area contributed by atoms with Gasteiger partial charge in [0.25, 0.3) is 5.56 Å². The van der Waals surface area contributed by atoms with Crippen molar-refractivity contribution in [3.63, 3.8) is 0 Å². The maximum absolute atomic E-state index is 13.0. The molecular weight excluding hydrogens is 414 g/mol. The molecule has 3 heterocycles. The highest BCUT2D eigenvalue weighted by atomic mass is 32.2. The van der Waals surface area contributed by atoms with Gasteiger partial charge in [-0.25, -0.2) is 23.5 Å². The van der Waals surface area contributed by atoms with E-state index in [1.807, 2.05) is 0 Å². The van der Waals surface area contributed by atoms with Crippen molar-refractivity contribution >= 4 is 32.5 Å². The van der Waals surface area contributed by atoms with E-state index in [1.54, 1.807) is 47.7 Å². The molecule has 10 heteroatoms. The Morgan fingerprint density at radius 3 is 2.84 bits per heavy atom. The van der Waals surface area contributed by atoms with E-state index >= 15 is 0 Å². The highest BCUT2D eigenvalue weighted by Crippen LogP contribution is 2.53. The number of nitrogens with zero attached hydrogens (tertiary/aromatic N) is 6. The molecule has 9 nitrogen and oxygen atoms in total. The van der Waals surface area contributed by atoms with Crippen LogP contribution in [0.1, 0.15) is 25.7 Å². The number of nitrogens with one attached hydrogen (secondary N) is 1. The molecule has 1 N–H and O–H groups in total. The van der Waals surface area contributed by atoms with Crippen LogP contribution in [-0.2, 0) is 16.3 Å². The summed E-state index contributed by atoms with van der Waals surface area (Å²) in [6, 6.07) is 5.23. The fourth-order valence-electron chi connectivity index (χ4n) is 4.75. The third-order valence-electron chi connectivity index (χ3n) is 5.99. The van der Waals surface area contributed by atoms with Gasteiger partial charge in [-0.2, -0.15) is 9.35 Å². The summed E-state index contributed by atoms with van der Waals surface area (Å²) in [7, 11) is -2.37. The quantitative estimate of drug-likeness (QED) is 0.592. The van der Waals surface area contributed by atoms with Crippen LogP contribution in [0.5, 0.6) is 0 Å². The molecule has 0 amide bonds. The van der Waals surface area contributed by atoms with Crippen molar-refractivity contribution in [3.05, 3.63) is 47.4 Å². The largest absolute Gasteiger partial charge is 0.349 e. The van der Waals surface area contributed by atoms with Gasteiger partial charge in [-0.3, -0.25) is 4.79 Å². The molecule has 31 heavy (non-hydrogen) atoms. The Hall–Kier alpha value is -3.01. The van der Waals surface area contributed by atoms with Crippen LogP contribution < -0.4 is 10.9 Å². The number of pyridine rings is 1. The molecule has 3 saturated carbocycles. The van der Waals surface area contributed by atoms with Crippen molar-refractivity contribution in [3.8, 4) is 5.82 Å². The third-order valence-corrected chi connectivity index (χ3v) is 6.62. The van der Waals surface area contributed by atoms with E-state index in [1.165, 1.54) is 11.1 Å². The number of aromatic nitrogens is 5. The molecule has 0 aromatic carbocycles. The smallest absolute Gasteiger partial charge is 0.278 e. The number of rotatable bonds is 6. The minimum atomic E-state index is -2.37. The molecule has 0 spiro atoms. The Morgan fingerprint density at radius 1 is 1.35 bits per heavy atom. The highest BCUT2D eigenvalue weighted by Gasteiger charge is 2.50. The van der Waals surface area contributed by atoms with Crippen LogP contribution in [0.3, 0.4) is 0 Å². The second kappa shape index (κ2) is 7.01. The average Bonchev–Trinajstić information content (AvgIpc) is 3.33. The van der Waals surface area contributed by atoms with Gasteiger partial charge in [-0.1, -0.05) is 12.1 Å². The van der Waals surface area contributed by atoms with Gasteiger partial charge >= 0.3 is 0 Å². The fourth-order valence-corrected chi connectivity index (χ4v) is 5.30. The van der Waals surface area contributed by atoms with Gasteiger partial charge in [0.1, 0.15) is 5.39 Å². The molecular formula is C21H25N7O2S. The van der Waals surface area contributed by atoms with Crippen LogP contribution in [0.4, 0.5) is 11.8 Å². The molecule has 162 valence electrons. The zero-order chi connectivity index (χ0) is 21.8. The monoisotopic (exact) mass is 439 g/mol. The lowest BCUT2D eigenvalue weighted by atomic mass is 9.77. The summed E-state index contributed by atoms with van der Waals surface area (Å²) in [4.78, 5) is 26.7. The number of hydrogen-bond donors (Lipinski definition) is 1. The summed E-state index contributed by atoms with van der Waals surface area (Å²) < 4.78 is 19.5. The van der Waals surface area contributed by atoms with Crippen molar-refractivity contribution in [2.75, 3.05) is 17.8 Å². The first-order chi connectivity index (χ1) is 14.8. The first-order valence-corrected chi connectivity index (χ1v) is 12.6. The van der Waals surface area contributed by atoms with E-state index in [0.717, 1.165) is 25.2 Å². The summed E-state index contributed by atoms with van der Waals surface area (Å²) in [6.07, 6.45) is 11.0. The van der Waals surface area contributed by atoms with Crippen molar-refractivity contribution in [2.24, 2.45) is 10.3 Å². The lowest BCUT2D eigenvalue weighted by molar-refractivity contribution is 0.272. The van der Waals surface area contributed by atoms with Gasteiger partial charge in [-0.05, 0) is 43.7 Å². The third kappa shape index (κ3) is 3.54. The van der Waals surface area contributed by atoms with Crippen LogP contribution in [-0.4, -0.2) is 46.6 Å². The van der Waals surface area contributed by atoms with E-state index in [9.17, 15) is 9.00 Å². The summed E-state index contributed by atoms with van der Waals surface area (Å²) in [5.74, 6) is 2.13. The second-order valence-corrected chi connectivity index (χ2v) is 11.3. The summed E-state index contributed by atoms with van der Waals surface area (Å²) in [5.41, 5.74) is 0.336. The van der Waals surface area contributed by atoms with Gasteiger partial charge in [0.2, 0.25) is 5.95 Å². The molecule has 3 aliphatic carbocycles. The molecule has 0 radical (unpaired) electrons. The van der Waals surface area contributed by atoms with Crippen LogP contribution >= 0.6 is 0 Å². The average molecular weight is 440 g/mol. The Labute approximate surface area is 180 Å². The SMILES string of the molecule is C=CCn1c(=O)c2cnc(NC34CCC(C3)C4)nc2n1-c1cccc(N=S(C)(C)=O)n1. The Kier molecular flexibility index (Phi) is 4.51. The van der Waals surface area contributed by atoms with Crippen molar-refractivity contribution in [1.29, 1.82) is 0 Å². The van der Waals surface area contributed by atoms with Crippen molar-refractivity contribution < 1.29 is 4.21 Å². The fraction of sp³-hybridized carbons (Fsp3) is 0.429. The Morgan fingerprint density at radius 2 is 2.16 bits per heavy atom. The maximum Gasteiger partial charge on any atom is 0.278 e. The summed E-state index contributed by atoms with van der Waals surface area (Å²) in [5, 5.41) is 3.92. The number of hydrogen-bond acceptors (Lipinski definition) is 7. The summed E-state index contributed by atoms with van der Waals surface area (Å²) >= 11 is 0. The van der Waals surface area contributed by atoms with Crippen LogP contribution in [0.2, 0.25) is 0 Å².